The predicted octanol–water partition coefficient (Wildman–Crippen LogP) is 0.136. The summed E-state index contributed by atoms with van der Waals surface area (Å²) in [4.78, 5) is 33.8. The summed E-state index contributed by atoms with van der Waals surface area (Å²) >= 11 is 0. The van der Waals surface area contributed by atoms with Crippen molar-refractivity contribution in [3.8, 4) is 0 Å². The maximum atomic E-state index is 11.6. The highest BCUT2D eigenvalue weighted by molar-refractivity contribution is 7.90. The number of imide groups is 1. The molecule has 21 heavy (non-hydrogen) atoms. The van der Waals surface area contributed by atoms with Gasteiger partial charge in [-0.05, 0) is 12.3 Å². The SMILES string of the molecule is CC(CS(C)(=O)=O)NC(=O)NC(=O)CC(C)(C)CC(=O)O. The lowest BCUT2D eigenvalue weighted by Crippen LogP contribution is -2.46. The van der Waals surface area contributed by atoms with Crippen LogP contribution in [0.3, 0.4) is 0 Å². The molecular formula is C12H22N2O6S. The van der Waals surface area contributed by atoms with Crippen molar-refractivity contribution < 1.29 is 27.9 Å². The number of carbonyl (C=O) groups is 3. The second-order valence-corrected chi connectivity index (χ2v) is 8.11. The molecule has 0 fully saturated rings. The van der Waals surface area contributed by atoms with Crippen LogP contribution in [0.15, 0.2) is 0 Å². The minimum absolute atomic E-state index is 0.132. The quantitative estimate of drug-likeness (QED) is 0.611. The molecule has 0 spiro atoms. The molecule has 8 nitrogen and oxygen atoms in total. The Morgan fingerprint density at radius 1 is 1.19 bits per heavy atom. The minimum Gasteiger partial charge on any atom is -0.481 e. The Bertz CT molecular complexity index is 512. The van der Waals surface area contributed by atoms with Gasteiger partial charge >= 0.3 is 12.0 Å². The third-order valence-corrected chi connectivity index (χ3v) is 3.56. The van der Waals surface area contributed by atoms with Crippen molar-refractivity contribution in [3.63, 3.8) is 0 Å². The summed E-state index contributed by atoms with van der Waals surface area (Å²) in [5, 5.41) is 13.1. The van der Waals surface area contributed by atoms with Gasteiger partial charge in [-0.2, -0.15) is 0 Å². The number of carbonyl (C=O) groups excluding carboxylic acids is 2. The molecule has 0 aromatic carbocycles. The molecule has 0 saturated carbocycles. The number of carboxylic acid groups (broad SMARTS) is 1. The summed E-state index contributed by atoms with van der Waals surface area (Å²) in [6.07, 6.45) is 0.711. The monoisotopic (exact) mass is 322 g/mol. The number of hydrogen-bond donors (Lipinski definition) is 3. The van der Waals surface area contributed by atoms with Crippen molar-refractivity contribution in [1.29, 1.82) is 0 Å². The molecule has 0 radical (unpaired) electrons. The molecule has 0 aromatic rings. The van der Waals surface area contributed by atoms with Crippen LogP contribution in [0.1, 0.15) is 33.6 Å². The van der Waals surface area contributed by atoms with Crippen LogP contribution in [0.5, 0.6) is 0 Å². The van der Waals surface area contributed by atoms with Gasteiger partial charge in [0.15, 0.2) is 0 Å². The fourth-order valence-electron chi connectivity index (χ4n) is 1.83. The van der Waals surface area contributed by atoms with E-state index in [9.17, 15) is 22.8 Å². The number of nitrogens with one attached hydrogen (secondary N) is 2. The number of aliphatic carboxylic acids is 1. The zero-order valence-electron chi connectivity index (χ0n) is 12.6. The predicted molar refractivity (Wildman–Crippen MR) is 76.5 cm³/mol. The average molecular weight is 322 g/mol. The Balaban J connectivity index is 4.33. The van der Waals surface area contributed by atoms with Gasteiger partial charge < -0.3 is 10.4 Å². The van der Waals surface area contributed by atoms with Crippen LogP contribution in [0.2, 0.25) is 0 Å². The van der Waals surface area contributed by atoms with Crippen LogP contribution in [0.25, 0.3) is 0 Å². The highest BCUT2D eigenvalue weighted by Crippen LogP contribution is 2.24. The first-order valence-corrected chi connectivity index (χ1v) is 8.37. The van der Waals surface area contributed by atoms with Gasteiger partial charge in [-0.3, -0.25) is 14.9 Å². The third kappa shape index (κ3) is 10.8. The van der Waals surface area contributed by atoms with E-state index in [1.54, 1.807) is 13.8 Å². The van der Waals surface area contributed by atoms with Crippen LogP contribution in [0.4, 0.5) is 4.79 Å². The van der Waals surface area contributed by atoms with E-state index < -0.39 is 39.2 Å². The van der Waals surface area contributed by atoms with Crippen molar-refractivity contribution in [2.75, 3.05) is 12.0 Å². The Morgan fingerprint density at radius 3 is 2.14 bits per heavy atom. The summed E-state index contributed by atoms with van der Waals surface area (Å²) in [5.41, 5.74) is -0.783. The van der Waals surface area contributed by atoms with Crippen LogP contribution in [0, 0.1) is 5.41 Å². The van der Waals surface area contributed by atoms with Crippen molar-refractivity contribution in [2.24, 2.45) is 5.41 Å². The van der Waals surface area contributed by atoms with Gasteiger partial charge in [0.2, 0.25) is 5.91 Å². The summed E-state index contributed by atoms with van der Waals surface area (Å²) < 4.78 is 22.1. The molecule has 0 saturated heterocycles. The number of rotatable bonds is 7. The Morgan fingerprint density at radius 2 is 1.71 bits per heavy atom. The second kappa shape index (κ2) is 7.39. The second-order valence-electron chi connectivity index (χ2n) is 5.93. The minimum atomic E-state index is -3.23. The Kier molecular flexibility index (Phi) is 6.81. The standard InChI is InChI=1S/C12H22N2O6S/c1-8(7-21(4,19)20)13-11(18)14-9(15)5-12(2,3)6-10(16)17/h8H,5-7H2,1-4H3,(H,16,17)(H2,13,14,15,18). The van der Waals surface area contributed by atoms with Crippen LogP contribution in [-0.4, -0.2) is 49.5 Å². The summed E-state index contributed by atoms with van der Waals surface area (Å²) in [6.45, 7) is 4.70. The zero-order chi connectivity index (χ0) is 16.8. The fourth-order valence-corrected chi connectivity index (χ4v) is 2.82. The largest absolute Gasteiger partial charge is 0.481 e. The topological polar surface area (TPSA) is 130 Å². The molecule has 3 N–H and O–H groups in total. The molecule has 1 atom stereocenters. The van der Waals surface area contributed by atoms with Gasteiger partial charge in [-0.1, -0.05) is 13.8 Å². The highest BCUT2D eigenvalue weighted by Gasteiger charge is 2.26. The zero-order valence-corrected chi connectivity index (χ0v) is 13.4. The van der Waals surface area contributed by atoms with E-state index in [1.807, 2.05) is 5.32 Å². The van der Waals surface area contributed by atoms with Gasteiger partial charge in [-0.15, -0.1) is 0 Å². The van der Waals surface area contributed by atoms with E-state index in [-0.39, 0.29) is 18.6 Å². The van der Waals surface area contributed by atoms with Gasteiger partial charge in [0.25, 0.3) is 0 Å². The van der Waals surface area contributed by atoms with E-state index in [0.717, 1.165) is 6.26 Å². The van der Waals surface area contributed by atoms with Gasteiger partial charge in [0.1, 0.15) is 9.84 Å². The molecule has 0 aliphatic carbocycles. The first kappa shape index (κ1) is 19.4. The van der Waals surface area contributed by atoms with Gasteiger partial charge in [0, 0.05) is 18.7 Å². The van der Waals surface area contributed by atoms with Gasteiger partial charge in [0.05, 0.1) is 12.2 Å². The fraction of sp³-hybridized carbons (Fsp3) is 0.750. The first-order chi connectivity index (χ1) is 9.31. The van der Waals surface area contributed by atoms with Crippen molar-refractivity contribution in [1.82, 2.24) is 10.6 Å². The molecule has 1 unspecified atom stereocenters. The van der Waals surface area contributed by atoms with Crippen molar-refractivity contribution >= 4 is 27.7 Å². The Labute approximate surface area is 124 Å². The number of hydrogen-bond acceptors (Lipinski definition) is 5. The molecule has 0 heterocycles. The van der Waals surface area contributed by atoms with E-state index in [4.69, 9.17) is 5.11 Å². The highest BCUT2D eigenvalue weighted by atomic mass is 32.2. The molecular weight excluding hydrogens is 300 g/mol. The van der Waals surface area contributed by atoms with Crippen molar-refractivity contribution in [3.05, 3.63) is 0 Å². The molecule has 3 amide bonds. The lowest BCUT2D eigenvalue weighted by molar-refractivity contribution is -0.139. The maximum Gasteiger partial charge on any atom is 0.321 e. The van der Waals surface area contributed by atoms with E-state index >= 15 is 0 Å². The molecule has 0 aliphatic rings. The Hall–Kier alpha value is -1.64. The maximum absolute atomic E-state index is 11.6. The first-order valence-electron chi connectivity index (χ1n) is 6.30. The molecule has 0 aromatic heterocycles. The molecule has 122 valence electrons. The number of sulfone groups is 1. The lowest BCUT2D eigenvalue weighted by Gasteiger charge is -2.21. The lowest BCUT2D eigenvalue weighted by atomic mass is 9.85. The molecule has 0 aliphatic heterocycles. The van der Waals surface area contributed by atoms with E-state index in [1.165, 1.54) is 6.92 Å². The summed E-state index contributed by atoms with van der Waals surface area (Å²) in [7, 11) is -3.23. The van der Waals surface area contributed by atoms with E-state index in [2.05, 4.69) is 5.32 Å². The normalized spacial score (nSPS) is 13.3. The summed E-state index contributed by atoms with van der Waals surface area (Å²) in [5.74, 6) is -1.89. The number of amides is 3. The third-order valence-electron chi connectivity index (χ3n) is 2.45. The summed E-state index contributed by atoms with van der Waals surface area (Å²) in [6, 6.07) is -1.44. The number of urea groups is 1. The smallest absolute Gasteiger partial charge is 0.321 e. The van der Waals surface area contributed by atoms with Crippen LogP contribution in [-0.2, 0) is 19.4 Å². The molecule has 0 bridgehead atoms. The van der Waals surface area contributed by atoms with E-state index in [0.29, 0.717) is 0 Å². The molecule has 9 heteroatoms. The average Bonchev–Trinajstić information content (AvgIpc) is 2.07. The van der Waals surface area contributed by atoms with Gasteiger partial charge in [-0.25, -0.2) is 13.2 Å². The molecule has 0 rings (SSSR count). The van der Waals surface area contributed by atoms with Crippen molar-refractivity contribution in [2.45, 2.75) is 39.7 Å². The van der Waals surface area contributed by atoms with Crippen LogP contribution >= 0.6 is 0 Å². The number of carboxylic acids is 1. The van der Waals surface area contributed by atoms with Crippen LogP contribution < -0.4 is 10.6 Å².